The van der Waals surface area contributed by atoms with Gasteiger partial charge >= 0.3 is 17.9 Å². The van der Waals surface area contributed by atoms with E-state index in [-0.39, 0.29) is 5.92 Å². The van der Waals surface area contributed by atoms with Crippen LogP contribution in [0.3, 0.4) is 0 Å². The van der Waals surface area contributed by atoms with Crippen LogP contribution in [-0.2, 0) is 14.4 Å². The number of benzene rings is 1. The van der Waals surface area contributed by atoms with Crippen LogP contribution in [0.4, 0.5) is 0 Å². The molecule has 1 rings (SSSR count). The minimum absolute atomic E-state index is 0.0208. The van der Waals surface area contributed by atoms with Gasteiger partial charge in [0.15, 0.2) is 0 Å². The molecule has 0 saturated heterocycles. The summed E-state index contributed by atoms with van der Waals surface area (Å²) in [6.45, 7) is 6.39. The molecule has 26 heavy (non-hydrogen) atoms. The van der Waals surface area contributed by atoms with E-state index in [2.05, 4.69) is 0 Å². The molecule has 0 heterocycles. The fraction of sp³-hybridized carbons (Fsp3) is 0.471. The predicted octanol–water partition coefficient (Wildman–Crippen LogP) is 0.577. The Morgan fingerprint density at radius 3 is 0.846 bits per heavy atom. The SMILES string of the molecule is CC(C)C(N)C(=O)O.CC(N)C(=O)O.CC(N)C(=O)O.c1ccccc1. The highest BCUT2D eigenvalue weighted by molar-refractivity contribution is 5.73. The van der Waals surface area contributed by atoms with E-state index in [0.717, 1.165) is 0 Å². The molecule has 0 aliphatic rings. The van der Waals surface area contributed by atoms with E-state index in [4.69, 9.17) is 32.5 Å². The number of carboxylic acids is 3. The predicted molar refractivity (Wildman–Crippen MR) is 99.5 cm³/mol. The van der Waals surface area contributed by atoms with E-state index in [1.807, 2.05) is 36.4 Å². The molecule has 0 amide bonds. The van der Waals surface area contributed by atoms with E-state index in [1.54, 1.807) is 13.8 Å². The lowest BCUT2D eigenvalue weighted by Gasteiger charge is -2.07. The number of hydrogen-bond donors (Lipinski definition) is 6. The minimum atomic E-state index is -0.963. The monoisotopic (exact) mass is 373 g/mol. The number of aliphatic carboxylic acids is 3. The standard InChI is InChI=1S/C6H6.C5H11NO2.2C3H7NO2/c1-2-4-6-5-3-1;1-3(2)4(6)5(7)8;2*1-2(4)3(5)6/h1-6H;3-4H,6H2,1-2H3,(H,7,8);2*2H,4H2,1H3,(H,5,6). The number of carbonyl (C=O) groups is 3. The summed E-state index contributed by atoms with van der Waals surface area (Å²) in [7, 11) is 0. The largest absolute Gasteiger partial charge is 0.480 e. The molecule has 150 valence electrons. The normalized spacial score (nSPS) is 12.5. The summed E-state index contributed by atoms with van der Waals surface area (Å²) in [4.78, 5) is 29.2. The molecule has 9 heteroatoms. The van der Waals surface area contributed by atoms with Crippen LogP contribution in [0.2, 0.25) is 0 Å². The third-order valence-electron chi connectivity index (χ3n) is 2.45. The van der Waals surface area contributed by atoms with Gasteiger partial charge in [-0.25, -0.2) is 0 Å². The molecule has 1 aromatic carbocycles. The van der Waals surface area contributed by atoms with Gasteiger partial charge in [-0.15, -0.1) is 0 Å². The van der Waals surface area contributed by atoms with Gasteiger partial charge in [-0.05, 0) is 19.8 Å². The third-order valence-corrected chi connectivity index (χ3v) is 2.45. The Labute approximate surface area is 153 Å². The van der Waals surface area contributed by atoms with E-state index in [0.29, 0.717) is 0 Å². The Morgan fingerprint density at radius 2 is 0.808 bits per heavy atom. The fourth-order valence-corrected chi connectivity index (χ4v) is 0.670. The maximum atomic E-state index is 10.0. The van der Waals surface area contributed by atoms with Crippen molar-refractivity contribution in [2.75, 3.05) is 0 Å². The molecule has 0 aliphatic heterocycles. The highest BCUT2D eigenvalue weighted by Gasteiger charge is 2.14. The van der Waals surface area contributed by atoms with Gasteiger partial charge in [-0.2, -0.15) is 0 Å². The summed E-state index contributed by atoms with van der Waals surface area (Å²) in [6, 6.07) is 9.82. The smallest absolute Gasteiger partial charge is 0.320 e. The Morgan fingerprint density at radius 1 is 0.615 bits per heavy atom. The van der Waals surface area contributed by atoms with Gasteiger partial charge in [0, 0.05) is 0 Å². The second-order valence-corrected chi connectivity index (χ2v) is 5.52. The highest BCUT2D eigenvalue weighted by Crippen LogP contribution is 1.96. The van der Waals surface area contributed by atoms with Crippen molar-refractivity contribution in [3.8, 4) is 0 Å². The molecule has 0 radical (unpaired) electrons. The summed E-state index contributed by atoms with van der Waals surface area (Å²) < 4.78 is 0. The van der Waals surface area contributed by atoms with Crippen LogP contribution in [0.15, 0.2) is 36.4 Å². The molecule has 0 fully saturated rings. The lowest BCUT2D eigenvalue weighted by molar-refractivity contribution is -0.140. The summed E-state index contributed by atoms with van der Waals surface area (Å²) in [5, 5.41) is 24.0. The van der Waals surface area contributed by atoms with Crippen LogP contribution in [0.25, 0.3) is 0 Å². The maximum absolute atomic E-state index is 10.0. The van der Waals surface area contributed by atoms with Gasteiger partial charge in [0.1, 0.15) is 18.1 Å². The van der Waals surface area contributed by atoms with Crippen molar-refractivity contribution in [2.45, 2.75) is 45.8 Å². The Bertz CT molecular complexity index is 448. The van der Waals surface area contributed by atoms with Crippen LogP contribution in [0, 0.1) is 5.92 Å². The highest BCUT2D eigenvalue weighted by atomic mass is 16.4. The van der Waals surface area contributed by atoms with Gasteiger partial charge < -0.3 is 32.5 Å². The average molecular weight is 373 g/mol. The van der Waals surface area contributed by atoms with Gasteiger partial charge in [0.2, 0.25) is 0 Å². The minimum Gasteiger partial charge on any atom is -0.480 e. The Hall–Kier alpha value is -2.49. The van der Waals surface area contributed by atoms with Crippen molar-refractivity contribution in [1.29, 1.82) is 0 Å². The lowest BCUT2D eigenvalue weighted by atomic mass is 10.1. The van der Waals surface area contributed by atoms with E-state index in [1.165, 1.54) is 13.8 Å². The first-order valence-corrected chi connectivity index (χ1v) is 7.79. The number of hydrogen-bond acceptors (Lipinski definition) is 6. The van der Waals surface area contributed by atoms with Crippen molar-refractivity contribution in [3.63, 3.8) is 0 Å². The molecule has 1 aromatic rings. The van der Waals surface area contributed by atoms with Crippen LogP contribution in [-0.4, -0.2) is 51.4 Å². The van der Waals surface area contributed by atoms with Gasteiger partial charge in [0.25, 0.3) is 0 Å². The zero-order valence-electron chi connectivity index (χ0n) is 15.6. The van der Waals surface area contributed by atoms with Crippen molar-refractivity contribution in [3.05, 3.63) is 36.4 Å². The van der Waals surface area contributed by atoms with E-state index >= 15 is 0 Å². The van der Waals surface area contributed by atoms with Crippen LogP contribution < -0.4 is 17.2 Å². The second kappa shape index (κ2) is 17.3. The maximum Gasteiger partial charge on any atom is 0.320 e. The van der Waals surface area contributed by atoms with Crippen LogP contribution >= 0.6 is 0 Å². The second-order valence-electron chi connectivity index (χ2n) is 5.52. The topological polar surface area (TPSA) is 190 Å². The van der Waals surface area contributed by atoms with Gasteiger partial charge in [-0.3, -0.25) is 14.4 Å². The Balaban J connectivity index is -0.000000273. The number of carboxylic acid groups (broad SMARTS) is 3. The van der Waals surface area contributed by atoms with E-state index in [9.17, 15) is 14.4 Å². The zero-order chi connectivity index (χ0) is 21.3. The quantitative estimate of drug-likeness (QED) is 0.438. The summed E-state index contributed by atoms with van der Waals surface area (Å²) in [6.07, 6.45) is 0. The zero-order valence-corrected chi connectivity index (χ0v) is 15.6. The summed E-state index contributed by atoms with van der Waals surface area (Å²) >= 11 is 0. The molecule has 3 unspecified atom stereocenters. The van der Waals surface area contributed by atoms with E-state index < -0.39 is 36.0 Å². The molecular weight excluding hydrogens is 342 g/mol. The molecule has 0 aromatic heterocycles. The van der Waals surface area contributed by atoms with Crippen molar-refractivity contribution >= 4 is 17.9 Å². The van der Waals surface area contributed by atoms with Gasteiger partial charge in [0.05, 0.1) is 0 Å². The van der Waals surface area contributed by atoms with Crippen molar-refractivity contribution in [1.82, 2.24) is 0 Å². The fourth-order valence-electron chi connectivity index (χ4n) is 0.670. The Kier molecular flexibility index (Phi) is 18.9. The first kappa shape index (κ1) is 28.3. The molecule has 0 spiro atoms. The molecular formula is C17H31N3O6. The average Bonchev–Trinajstić information content (AvgIpc) is 2.57. The van der Waals surface area contributed by atoms with Crippen molar-refractivity contribution in [2.24, 2.45) is 23.1 Å². The summed E-state index contributed by atoms with van der Waals surface area (Å²) in [5.74, 6) is -2.84. The lowest BCUT2D eigenvalue weighted by Crippen LogP contribution is -2.34. The van der Waals surface area contributed by atoms with Gasteiger partial charge in [-0.1, -0.05) is 50.2 Å². The number of rotatable bonds is 4. The summed E-state index contributed by atoms with van der Waals surface area (Å²) in [5.41, 5.74) is 14.8. The third kappa shape index (κ3) is 23.8. The first-order valence-electron chi connectivity index (χ1n) is 7.79. The number of nitrogens with two attached hydrogens (primary N) is 3. The molecule has 3 atom stereocenters. The van der Waals surface area contributed by atoms with Crippen molar-refractivity contribution < 1.29 is 29.7 Å². The molecule has 0 aliphatic carbocycles. The molecule has 0 saturated carbocycles. The molecule has 0 bridgehead atoms. The van der Waals surface area contributed by atoms with Crippen LogP contribution in [0.1, 0.15) is 27.7 Å². The van der Waals surface area contributed by atoms with Crippen LogP contribution in [0.5, 0.6) is 0 Å². The molecule has 9 N–H and O–H groups in total. The first-order chi connectivity index (χ1) is 11.8. The molecule has 9 nitrogen and oxygen atoms in total.